The lowest BCUT2D eigenvalue weighted by Gasteiger charge is -2.38. The third kappa shape index (κ3) is 4.14. The minimum Gasteiger partial charge on any atom is -0.304 e. The van der Waals surface area contributed by atoms with Crippen LogP contribution in [0.2, 0.25) is 0 Å². The molecule has 3 rings (SSSR count). The van der Waals surface area contributed by atoms with Crippen molar-refractivity contribution in [2.75, 3.05) is 19.7 Å². The summed E-state index contributed by atoms with van der Waals surface area (Å²) in [5.41, 5.74) is 2.14. The van der Waals surface area contributed by atoms with Gasteiger partial charge in [-0.15, -0.1) is 11.3 Å². The van der Waals surface area contributed by atoms with E-state index in [-0.39, 0.29) is 16.1 Å². The Morgan fingerprint density at radius 3 is 2.77 bits per heavy atom. The maximum Gasteiger partial charge on any atom is 0.176 e. The molecule has 1 fully saturated rings. The van der Waals surface area contributed by atoms with Crippen molar-refractivity contribution < 1.29 is 9.23 Å². The second kappa shape index (κ2) is 7.72. The average molecular weight is 378 g/mol. The van der Waals surface area contributed by atoms with Gasteiger partial charge in [0.1, 0.15) is 0 Å². The quantitative estimate of drug-likeness (QED) is 0.740. The van der Waals surface area contributed by atoms with Crippen LogP contribution >= 0.6 is 11.3 Å². The summed E-state index contributed by atoms with van der Waals surface area (Å²) >= 11 is 1.23. The molecule has 1 atom stereocenters. The number of hydrogen-bond acceptors (Lipinski definition) is 5. The van der Waals surface area contributed by atoms with Gasteiger partial charge in [-0.25, -0.2) is 5.90 Å². The van der Waals surface area contributed by atoms with Crippen LogP contribution in [0.4, 0.5) is 4.39 Å². The number of aryl methyl sites for hydroxylation is 2. The molecule has 0 radical (unpaired) electrons. The van der Waals surface area contributed by atoms with Gasteiger partial charge in [-0.3, -0.25) is 9.88 Å². The fraction of sp³-hybridized carbons (Fsp3) is 0.550. The summed E-state index contributed by atoms with van der Waals surface area (Å²) in [4.78, 5) is 13.1. The van der Waals surface area contributed by atoms with Crippen molar-refractivity contribution in [1.29, 1.82) is 0 Å². The molecule has 3 heterocycles. The van der Waals surface area contributed by atoms with Crippen LogP contribution < -0.4 is 5.90 Å². The molecular weight excluding hydrogens is 349 g/mol. The fourth-order valence-corrected chi connectivity index (χ4v) is 4.60. The van der Waals surface area contributed by atoms with E-state index in [0.29, 0.717) is 6.61 Å². The molecule has 0 amide bonds. The van der Waals surface area contributed by atoms with Crippen molar-refractivity contribution in [2.45, 2.75) is 45.6 Å². The molecule has 142 valence electrons. The number of rotatable bonds is 7. The van der Waals surface area contributed by atoms with Gasteiger partial charge >= 0.3 is 0 Å². The highest BCUT2D eigenvalue weighted by atomic mass is 32.1. The molecule has 4 nitrogen and oxygen atoms in total. The molecule has 1 saturated heterocycles. The van der Waals surface area contributed by atoms with E-state index < -0.39 is 0 Å². The molecule has 2 aromatic heterocycles. The molecule has 2 N–H and O–H groups in total. The van der Waals surface area contributed by atoms with Crippen LogP contribution in [0.3, 0.4) is 0 Å². The highest BCUT2D eigenvalue weighted by Gasteiger charge is 2.43. The van der Waals surface area contributed by atoms with E-state index >= 15 is 0 Å². The van der Waals surface area contributed by atoms with Crippen LogP contribution in [0, 0.1) is 17.5 Å². The SMILES string of the molecule is Cc1ccc(C(C)(C)N2CCC(CCc3ccc(F)s3)(CON)C2)cn1. The van der Waals surface area contributed by atoms with E-state index in [1.807, 2.05) is 19.2 Å². The first kappa shape index (κ1) is 19.4. The predicted molar refractivity (Wildman–Crippen MR) is 103 cm³/mol. The van der Waals surface area contributed by atoms with E-state index in [4.69, 9.17) is 10.7 Å². The zero-order valence-corrected chi connectivity index (χ0v) is 16.6. The number of pyridine rings is 1. The van der Waals surface area contributed by atoms with Gasteiger partial charge in [0.05, 0.1) is 6.61 Å². The smallest absolute Gasteiger partial charge is 0.176 e. The third-order valence-electron chi connectivity index (χ3n) is 5.77. The van der Waals surface area contributed by atoms with Crippen LogP contribution in [-0.4, -0.2) is 29.6 Å². The Balaban J connectivity index is 1.72. The molecule has 1 aliphatic heterocycles. The predicted octanol–water partition coefficient (Wildman–Crippen LogP) is 4.04. The van der Waals surface area contributed by atoms with E-state index in [9.17, 15) is 4.39 Å². The molecule has 0 saturated carbocycles. The third-order valence-corrected chi connectivity index (χ3v) is 6.70. The molecule has 0 aromatic carbocycles. The molecule has 2 aromatic rings. The van der Waals surface area contributed by atoms with Gasteiger partial charge in [-0.1, -0.05) is 6.07 Å². The Bertz CT molecular complexity index is 731. The van der Waals surface area contributed by atoms with Crippen molar-refractivity contribution in [1.82, 2.24) is 9.88 Å². The van der Waals surface area contributed by atoms with Crippen molar-refractivity contribution in [2.24, 2.45) is 11.3 Å². The lowest BCUT2D eigenvalue weighted by molar-refractivity contribution is 0.0323. The fourth-order valence-electron chi connectivity index (χ4n) is 3.87. The van der Waals surface area contributed by atoms with E-state index in [2.05, 4.69) is 35.9 Å². The number of halogens is 1. The monoisotopic (exact) mass is 377 g/mol. The Morgan fingerprint density at radius 2 is 2.15 bits per heavy atom. The van der Waals surface area contributed by atoms with Crippen LogP contribution in [0.1, 0.15) is 42.8 Å². The first-order valence-corrected chi connectivity index (χ1v) is 9.90. The Kier molecular flexibility index (Phi) is 5.77. The molecule has 0 aliphatic carbocycles. The highest BCUT2D eigenvalue weighted by Crippen LogP contribution is 2.41. The summed E-state index contributed by atoms with van der Waals surface area (Å²) in [7, 11) is 0. The van der Waals surface area contributed by atoms with Crippen molar-refractivity contribution in [3.8, 4) is 0 Å². The number of likely N-dealkylation sites (tertiary alicyclic amines) is 1. The Labute approximate surface area is 159 Å². The number of aromatic nitrogens is 1. The van der Waals surface area contributed by atoms with Crippen molar-refractivity contribution in [3.05, 3.63) is 51.7 Å². The van der Waals surface area contributed by atoms with Gasteiger partial charge < -0.3 is 4.84 Å². The summed E-state index contributed by atoms with van der Waals surface area (Å²) in [5.74, 6) is 5.46. The number of nitrogens with two attached hydrogens (primary N) is 1. The number of hydrogen-bond donors (Lipinski definition) is 1. The van der Waals surface area contributed by atoms with E-state index in [1.54, 1.807) is 6.07 Å². The van der Waals surface area contributed by atoms with Crippen LogP contribution in [0.5, 0.6) is 0 Å². The second-order valence-electron chi connectivity index (χ2n) is 7.94. The summed E-state index contributed by atoms with van der Waals surface area (Å²) < 4.78 is 13.3. The zero-order chi connectivity index (χ0) is 18.8. The second-order valence-corrected chi connectivity index (χ2v) is 9.05. The molecule has 26 heavy (non-hydrogen) atoms. The standard InChI is InChI=1S/C20H28FN3OS/c1-15-4-5-16(12-23-15)19(2,3)24-11-10-20(13-24,14-25-22)9-8-17-6-7-18(21)26-17/h4-7,12H,8-11,13-14,22H2,1-3H3. The number of thiophene rings is 1. The maximum atomic E-state index is 13.3. The van der Waals surface area contributed by atoms with Gasteiger partial charge in [0.25, 0.3) is 0 Å². The minimum atomic E-state index is -0.120. The minimum absolute atomic E-state index is 0.00458. The summed E-state index contributed by atoms with van der Waals surface area (Å²) in [6, 6.07) is 7.65. The summed E-state index contributed by atoms with van der Waals surface area (Å²) in [5, 5.41) is -0.120. The highest BCUT2D eigenvalue weighted by molar-refractivity contribution is 7.10. The van der Waals surface area contributed by atoms with Gasteiger partial charge in [0.15, 0.2) is 5.13 Å². The molecule has 0 bridgehead atoms. The molecule has 6 heteroatoms. The van der Waals surface area contributed by atoms with Gasteiger partial charge in [-0.05, 0) is 70.3 Å². The van der Waals surface area contributed by atoms with Crippen LogP contribution in [0.25, 0.3) is 0 Å². The van der Waals surface area contributed by atoms with E-state index in [0.717, 1.165) is 42.9 Å². The summed E-state index contributed by atoms with van der Waals surface area (Å²) in [6.07, 6.45) is 4.81. The van der Waals surface area contributed by atoms with Gasteiger partial charge in [-0.2, -0.15) is 4.39 Å². The van der Waals surface area contributed by atoms with Crippen molar-refractivity contribution >= 4 is 11.3 Å². The normalized spacial score (nSPS) is 21.4. The first-order valence-electron chi connectivity index (χ1n) is 9.09. The van der Waals surface area contributed by atoms with Crippen LogP contribution in [0.15, 0.2) is 30.5 Å². The Morgan fingerprint density at radius 1 is 1.35 bits per heavy atom. The lowest BCUT2D eigenvalue weighted by Crippen LogP contribution is -2.42. The molecular formula is C20H28FN3OS. The zero-order valence-electron chi connectivity index (χ0n) is 15.8. The van der Waals surface area contributed by atoms with Gasteiger partial charge in [0, 0.05) is 34.3 Å². The lowest BCUT2D eigenvalue weighted by atomic mass is 9.82. The topological polar surface area (TPSA) is 51.4 Å². The Hall–Kier alpha value is -1.34. The van der Waals surface area contributed by atoms with Crippen molar-refractivity contribution in [3.63, 3.8) is 0 Å². The maximum absolute atomic E-state index is 13.3. The van der Waals surface area contributed by atoms with E-state index in [1.165, 1.54) is 16.9 Å². The average Bonchev–Trinajstić information content (AvgIpc) is 3.21. The van der Waals surface area contributed by atoms with Crippen LogP contribution in [-0.2, 0) is 16.8 Å². The largest absolute Gasteiger partial charge is 0.304 e. The molecule has 0 spiro atoms. The first-order chi connectivity index (χ1) is 12.3. The van der Waals surface area contributed by atoms with Gasteiger partial charge in [0.2, 0.25) is 0 Å². The molecule has 1 aliphatic rings. The number of nitrogens with zero attached hydrogens (tertiary/aromatic N) is 2. The summed E-state index contributed by atoms with van der Waals surface area (Å²) in [6.45, 7) is 8.92. The molecule has 1 unspecified atom stereocenters.